The van der Waals surface area contributed by atoms with E-state index in [9.17, 15) is 9.59 Å². The van der Waals surface area contributed by atoms with Gasteiger partial charge in [0.1, 0.15) is 5.75 Å². The number of benzene rings is 2. The maximum Gasteiger partial charge on any atom is 0.260 e. The van der Waals surface area contributed by atoms with Crippen molar-refractivity contribution < 1.29 is 19.1 Å². The van der Waals surface area contributed by atoms with Crippen molar-refractivity contribution in [1.29, 1.82) is 0 Å². The molecule has 8 heteroatoms. The van der Waals surface area contributed by atoms with E-state index < -0.39 is 0 Å². The van der Waals surface area contributed by atoms with Crippen LogP contribution in [0.3, 0.4) is 0 Å². The van der Waals surface area contributed by atoms with Crippen LogP contribution in [-0.4, -0.2) is 54.6 Å². The SMILES string of the molecule is Cc1ccc(-c2csc(NC(=O)c3ccc(OCC(=O)N4CCOCC4)cc3)n2)cc1. The molecule has 1 N–H and O–H groups in total. The van der Waals surface area contributed by atoms with E-state index in [1.165, 1.54) is 16.9 Å². The van der Waals surface area contributed by atoms with E-state index in [0.717, 1.165) is 11.3 Å². The molecule has 160 valence electrons. The molecule has 3 aromatic rings. The number of hydrogen-bond donors (Lipinski definition) is 1. The summed E-state index contributed by atoms with van der Waals surface area (Å²) in [5.74, 6) is 0.216. The lowest BCUT2D eigenvalue weighted by Crippen LogP contribution is -2.42. The fourth-order valence-corrected chi connectivity index (χ4v) is 3.82. The van der Waals surface area contributed by atoms with Gasteiger partial charge in [-0.25, -0.2) is 4.98 Å². The molecule has 1 fully saturated rings. The van der Waals surface area contributed by atoms with Crippen LogP contribution < -0.4 is 10.1 Å². The highest BCUT2D eigenvalue weighted by atomic mass is 32.1. The van der Waals surface area contributed by atoms with Gasteiger partial charge in [0.15, 0.2) is 11.7 Å². The van der Waals surface area contributed by atoms with Gasteiger partial charge >= 0.3 is 0 Å². The second-order valence-electron chi connectivity index (χ2n) is 7.16. The van der Waals surface area contributed by atoms with E-state index in [1.807, 2.05) is 36.6 Å². The quantitative estimate of drug-likeness (QED) is 0.637. The lowest BCUT2D eigenvalue weighted by molar-refractivity contribution is -0.137. The molecule has 4 rings (SSSR count). The van der Waals surface area contributed by atoms with E-state index in [2.05, 4.69) is 10.3 Å². The van der Waals surface area contributed by atoms with Crippen LogP contribution in [0, 0.1) is 6.92 Å². The average molecular weight is 438 g/mol. The van der Waals surface area contributed by atoms with Crippen molar-refractivity contribution in [3.63, 3.8) is 0 Å². The molecule has 2 amide bonds. The first kappa shape index (κ1) is 21.0. The van der Waals surface area contributed by atoms with E-state index in [1.54, 1.807) is 29.2 Å². The molecule has 0 aliphatic carbocycles. The summed E-state index contributed by atoms with van der Waals surface area (Å²) in [5, 5.41) is 5.29. The normalized spacial score (nSPS) is 13.6. The molecule has 0 atom stereocenters. The Morgan fingerprint density at radius 3 is 2.52 bits per heavy atom. The topological polar surface area (TPSA) is 80.8 Å². The van der Waals surface area contributed by atoms with Crippen LogP contribution in [0.15, 0.2) is 53.9 Å². The van der Waals surface area contributed by atoms with Crippen molar-refractivity contribution in [1.82, 2.24) is 9.88 Å². The number of thiazole rings is 1. The Hall–Kier alpha value is -3.23. The maximum absolute atomic E-state index is 12.5. The Morgan fingerprint density at radius 1 is 1.10 bits per heavy atom. The van der Waals surface area contributed by atoms with Gasteiger partial charge in [0.05, 0.1) is 18.9 Å². The van der Waals surface area contributed by atoms with Crippen LogP contribution in [0.4, 0.5) is 5.13 Å². The molecule has 0 spiro atoms. The molecule has 0 unspecified atom stereocenters. The summed E-state index contributed by atoms with van der Waals surface area (Å²) in [7, 11) is 0. The highest BCUT2D eigenvalue weighted by Gasteiger charge is 2.17. The number of anilines is 1. The Labute approximate surface area is 184 Å². The first-order chi connectivity index (χ1) is 15.1. The Balaban J connectivity index is 1.31. The van der Waals surface area contributed by atoms with Gasteiger partial charge in [-0.2, -0.15) is 0 Å². The number of aryl methyl sites for hydroxylation is 1. The third-order valence-corrected chi connectivity index (χ3v) is 5.67. The predicted octanol–water partition coefficient (Wildman–Crippen LogP) is 3.61. The van der Waals surface area contributed by atoms with E-state index in [4.69, 9.17) is 9.47 Å². The van der Waals surface area contributed by atoms with Gasteiger partial charge in [-0.3, -0.25) is 14.9 Å². The van der Waals surface area contributed by atoms with Gasteiger partial charge in [-0.05, 0) is 31.2 Å². The summed E-state index contributed by atoms with van der Waals surface area (Å²) < 4.78 is 10.8. The second-order valence-corrected chi connectivity index (χ2v) is 8.02. The predicted molar refractivity (Wildman–Crippen MR) is 120 cm³/mol. The minimum Gasteiger partial charge on any atom is -0.484 e. The highest BCUT2D eigenvalue weighted by molar-refractivity contribution is 7.14. The maximum atomic E-state index is 12.5. The van der Waals surface area contributed by atoms with Crippen LogP contribution in [0.25, 0.3) is 11.3 Å². The fraction of sp³-hybridized carbons (Fsp3) is 0.261. The molecule has 0 bridgehead atoms. The van der Waals surface area contributed by atoms with Crippen molar-refractivity contribution in [2.45, 2.75) is 6.92 Å². The average Bonchev–Trinajstić information content (AvgIpc) is 3.27. The van der Waals surface area contributed by atoms with E-state index in [0.29, 0.717) is 42.7 Å². The Kier molecular flexibility index (Phi) is 6.59. The summed E-state index contributed by atoms with van der Waals surface area (Å²) in [4.78, 5) is 30.9. The summed E-state index contributed by atoms with van der Waals surface area (Å²) >= 11 is 1.38. The van der Waals surface area contributed by atoms with E-state index >= 15 is 0 Å². The van der Waals surface area contributed by atoms with Crippen molar-refractivity contribution in [3.8, 4) is 17.0 Å². The first-order valence-corrected chi connectivity index (χ1v) is 10.9. The Bertz CT molecular complexity index is 1040. The number of ether oxygens (including phenoxy) is 2. The summed E-state index contributed by atoms with van der Waals surface area (Å²) in [6.07, 6.45) is 0. The molecule has 1 aliphatic rings. The second kappa shape index (κ2) is 9.72. The number of nitrogens with one attached hydrogen (secondary N) is 1. The van der Waals surface area contributed by atoms with Gasteiger partial charge < -0.3 is 14.4 Å². The number of aromatic nitrogens is 1. The monoisotopic (exact) mass is 437 g/mol. The molecular weight excluding hydrogens is 414 g/mol. The lowest BCUT2D eigenvalue weighted by atomic mass is 10.1. The lowest BCUT2D eigenvalue weighted by Gasteiger charge is -2.26. The minimum absolute atomic E-state index is 0.0353. The van der Waals surface area contributed by atoms with Crippen molar-refractivity contribution in [2.24, 2.45) is 0 Å². The number of morpholine rings is 1. The van der Waals surface area contributed by atoms with Crippen molar-refractivity contribution in [3.05, 3.63) is 65.0 Å². The molecule has 31 heavy (non-hydrogen) atoms. The van der Waals surface area contributed by atoms with Crippen LogP contribution in [0.5, 0.6) is 5.75 Å². The number of hydrogen-bond acceptors (Lipinski definition) is 6. The van der Waals surface area contributed by atoms with Crippen LogP contribution in [0.1, 0.15) is 15.9 Å². The summed E-state index contributed by atoms with van der Waals surface area (Å²) in [6.45, 7) is 4.29. The number of carbonyl (C=O) groups excluding carboxylic acids is 2. The molecule has 1 saturated heterocycles. The molecule has 2 heterocycles. The van der Waals surface area contributed by atoms with Gasteiger partial charge in [0.25, 0.3) is 11.8 Å². The van der Waals surface area contributed by atoms with Crippen molar-refractivity contribution in [2.75, 3.05) is 38.2 Å². The van der Waals surface area contributed by atoms with E-state index in [-0.39, 0.29) is 18.4 Å². The zero-order valence-electron chi connectivity index (χ0n) is 17.2. The van der Waals surface area contributed by atoms with Gasteiger partial charge in [-0.1, -0.05) is 29.8 Å². The zero-order valence-corrected chi connectivity index (χ0v) is 18.0. The Morgan fingerprint density at radius 2 is 1.81 bits per heavy atom. The van der Waals surface area contributed by atoms with Gasteiger partial charge in [0.2, 0.25) is 0 Å². The van der Waals surface area contributed by atoms with Crippen LogP contribution in [-0.2, 0) is 9.53 Å². The van der Waals surface area contributed by atoms with Crippen LogP contribution >= 0.6 is 11.3 Å². The smallest absolute Gasteiger partial charge is 0.260 e. The standard InChI is InChI=1S/C23H23N3O4S/c1-16-2-4-17(5-3-16)20-15-31-23(24-20)25-22(28)18-6-8-19(9-7-18)30-14-21(27)26-10-12-29-13-11-26/h2-9,15H,10-14H2,1H3,(H,24,25,28). The summed E-state index contributed by atoms with van der Waals surface area (Å²) in [6, 6.07) is 14.8. The third kappa shape index (κ3) is 5.48. The molecule has 0 radical (unpaired) electrons. The molecule has 1 aromatic heterocycles. The zero-order chi connectivity index (χ0) is 21.6. The number of carbonyl (C=O) groups is 2. The molecule has 1 aliphatic heterocycles. The fourth-order valence-electron chi connectivity index (χ4n) is 3.11. The molecular formula is C23H23N3O4S. The minimum atomic E-state index is -0.249. The highest BCUT2D eigenvalue weighted by Crippen LogP contribution is 2.25. The number of nitrogens with zero attached hydrogens (tertiary/aromatic N) is 2. The molecule has 2 aromatic carbocycles. The van der Waals surface area contributed by atoms with Crippen LogP contribution in [0.2, 0.25) is 0 Å². The largest absolute Gasteiger partial charge is 0.484 e. The summed E-state index contributed by atoms with van der Waals surface area (Å²) in [5.41, 5.74) is 3.51. The van der Waals surface area contributed by atoms with Crippen molar-refractivity contribution >= 4 is 28.3 Å². The van der Waals surface area contributed by atoms with Gasteiger partial charge in [0, 0.05) is 29.6 Å². The number of rotatable bonds is 6. The third-order valence-electron chi connectivity index (χ3n) is 4.91. The number of amides is 2. The van der Waals surface area contributed by atoms with Gasteiger partial charge in [-0.15, -0.1) is 11.3 Å². The molecule has 7 nitrogen and oxygen atoms in total. The molecule has 0 saturated carbocycles. The first-order valence-electron chi connectivity index (χ1n) is 10.0.